The molecule has 0 aliphatic carbocycles. The van der Waals surface area contributed by atoms with Crippen LogP contribution in [-0.2, 0) is 169 Å². The molecule has 632 valence electrons. The van der Waals surface area contributed by atoms with Crippen molar-refractivity contribution in [2.45, 2.75) is 30.5 Å². The van der Waals surface area contributed by atoms with E-state index in [2.05, 4.69) is 62.0 Å². The summed E-state index contributed by atoms with van der Waals surface area (Å²) in [5.41, 5.74) is 0. The molecule has 0 bridgehead atoms. The van der Waals surface area contributed by atoms with Crippen molar-refractivity contribution in [2.24, 2.45) is 0 Å². The highest BCUT2D eigenvalue weighted by Gasteiger charge is 2.37. The maximum Gasteiger partial charge on any atom is 0.472 e. The molecule has 0 aliphatic heterocycles. The van der Waals surface area contributed by atoms with E-state index in [4.69, 9.17) is 87.8 Å². The maximum atomic E-state index is 12.9. The first-order chi connectivity index (χ1) is 48.4. The predicted octanol–water partition coefficient (Wildman–Crippen LogP) is -1.28. The van der Waals surface area contributed by atoms with Crippen molar-refractivity contribution in [1.82, 2.24) is 21.3 Å². The standard InChI is InChI=1S/C39H96N5O50P11/c1-40-30-69-21-35(20-45)91-102(61,62)82-17-13-79-99(55,56)87-27-37(23-71-32-42-3)92-103(63,64)84-18-14-80-100(57,58)88-28-38(24-72-33-43-4)93-104(65,66)85-19-15-81-101(59,60)89-29-39(25-73-34-44(5,6)7)94-105(67,68)83-16-12-77-97(51,52)75-9-8-74-96(49,50)76-10-11-78-98(53,54)86-26-36(22-70-31-41-2)90-95(46,47)48/h35-43,45H,8-34H2,1-7H3,(H11-,46,47,48,49,50,51,52,53,54,55,56,57,58,59,60,61,62,63,64,65,66,67,68)/p+1. The van der Waals surface area contributed by atoms with Gasteiger partial charge in [-0.2, -0.15) is 0 Å². The van der Waals surface area contributed by atoms with Gasteiger partial charge in [-0.15, -0.1) is 0 Å². The molecule has 66 heteroatoms. The van der Waals surface area contributed by atoms with Gasteiger partial charge < -0.3 is 92.0 Å². The number of nitrogens with one attached hydrogen (secondary N) is 4. The van der Waals surface area contributed by atoms with Crippen LogP contribution in [0.1, 0.15) is 0 Å². The number of phosphoric acid groups is 11. The fourth-order valence-corrected chi connectivity index (χ4v) is 14.3. The van der Waals surface area contributed by atoms with Crippen LogP contribution in [0.4, 0.5) is 0 Å². The second kappa shape index (κ2) is 53.8. The summed E-state index contributed by atoms with van der Waals surface area (Å²) in [5.74, 6) is 0. The fourth-order valence-electron chi connectivity index (χ4n) is 6.01. The van der Waals surface area contributed by atoms with Crippen molar-refractivity contribution in [3.8, 4) is 0 Å². The van der Waals surface area contributed by atoms with Crippen molar-refractivity contribution in [1.29, 1.82) is 0 Å². The molecule has 0 aromatic heterocycles. The molecule has 0 radical (unpaired) electrons. The highest BCUT2D eigenvalue weighted by atomic mass is 31.2. The van der Waals surface area contributed by atoms with Gasteiger partial charge in [-0.3, -0.25) is 116 Å². The Kier molecular flexibility index (Phi) is 54.2. The third kappa shape index (κ3) is 62.8. The van der Waals surface area contributed by atoms with Crippen LogP contribution in [0.25, 0.3) is 0 Å². The molecule has 0 heterocycles. The average Bonchev–Trinajstić information content (AvgIpc) is 0.885. The normalized spacial score (nSPS) is 19.9. The molecule has 0 aromatic rings. The van der Waals surface area contributed by atoms with Gasteiger partial charge in [-0.05, 0) is 28.2 Å². The average molecular weight is 1780 g/mol. The van der Waals surface area contributed by atoms with Gasteiger partial charge in [-0.1, -0.05) is 0 Å². The van der Waals surface area contributed by atoms with Gasteiger partial charge in [0.15, 0.2) is 6.73 Å². The predicted molar refractivity (Wildman–Crippen MR) is 345 cm³/mol. The summed E-state index contributed by atoms with van der Waals surface area (Å²) in [5, 5.41) is 19.7. The van der Waals surface area contributed by atoms with Crippen molar-refractivity contribution in [3.05, 3.63) is 0 Å². The number of rotatable bonds is 73. The molecule has 0 rings (SSSR count). The number of hydrogen-bond acceptors (Lipinski definition) is 42. The highest BCUT2D eigenvalue weighted by molar-refractivity contribution is 7.50. The lowest BCUT2D eigenvalue weighted by molar-refractivity contribution is -0.890. The van der Waals surface area contributed by atoms with Gasteiger partial charge in [0.2, 0.25) is 0 Å². The Bertz CT molecular complexity index is 2930. The summed E-state index contributed by atoms with van der Waals surface area (Å²) in [6, 6.07) is 0. The molecule has 0 saturated carbocycles. The van der Waals surface area contributed by atoms with E-state index < -0.39 is 255 Å². The minimum atomic E-state index is -5.29. The van der Waals surface area contributed by atoms with E-state index in [-0.39, 0.29) is 44.7 Å². The van der Waals surface area contributed by atoms with E-state index in [9.17, 15) is 104 Å². The van der Waals surface area contributed by atoms with Gasteiger partial charge >= 0.3 is 86.0 Å². The van der Waals surface area contributed by atoms with Crippen molar-refractivity contribution >= 4 is 86.0 Å². The van der Waals surface area contributed by atoms with E-state index in [1.807, 2.05) is 0 Å². The third-order valence-corrected chi connectivity index (χ3v) is 20.7. The Morgan fingerprint density at radius 3 is 0.638 bits per heavy atom. The van der Waals surface area contributed by atoms with E-state index in [0.717, 1.165) is 0 Å². The number of aliphatic hydroxyl groups is 1. The van der Waals surface area contributed by atoms with Gasteiger partial charge in [0, 0.05) is 0 Å². The SMILES string of the molecule is CNCOCC(COP(=O)(O)OCCOP(=O)(O)OCCOP(=O)(O)OCCOP(=O)(O)OC(COC[N+](C)(C)C)COP(=O)(O)OCCOP(=O)(O)OC(COCNC)COP(=O)(O)OCCOP(=O)(O)OC(COCNC)COP(=O)(O)OCCOP(=O)(O)OC(CO)COCNC)OP(=O)(O)O. The number of nitrogens with zero attached hydrogens (tertiary/aromatic N) is 1. The molecule has 55 nitrogen and oxygen atoms in total. The zero-order valence-electron chi connectivity index (χ0n) is 57.3. The van der Waals surface area contributed by atoms with E-state index in [0.29, 0.717) is 0 Å². The van der Waals surface area contributed by atoms with Gasteiger partial charge in [0.1, 0.15) is 30.5 Å². The number of phosphoric ester groups is 11. The minimum Gasteiger partial charge on any atom is -0.394 e. The van der Waals surface area contributed by atoms with E-state index in [1.54, 1.807) is 28.2 Å². The summed E-state index contributed by atoms with van der Waals surface area (Å²) in [4.78, 5) is 119. The molecule has 0 fully saturated rings. The molecule has 105 heavy (non-hydrogen) atoms. The summed E-state index contributed by atoms with van der Waals surface area (Å²) < 4.78 is 261. The first kappa shape index (κ1) is 106. The number of quaternary nitrogens is 1. The number of hydrogen-bond donors (Lipinski definition) is 17. The molecule has 0 aliphatic rings. The zero-order valence-corrected chi connectivity index (χ0v) is 67.1. The number of ether oxygens (including phenoxy) is 5. The third-order valence-electron chi connectivity index (χ3n) is 9.85. The van der Waals surface area contributed by atoms with Crippen LogP contribution in [-0.4, -0.2) is 327 Å². The minimum absolute atomic E-state index is 0.0160. The van der Waals surface area contributed by atoms with Crippen LogP contribution in [0.5, 0.6) is 0 Å². The monoisotopic (exact) mass is 1780 g/mol. The van der Waals surface area contributed by atoms with Crippen LogP contribution >= 0.6 is 86.0 Å². The maximum absolute atomic E-state index is 12.9. The Balaban J connectivity index is 5.29. The lowest BCUT2D eigenvalue weighted by Crippen LogP contribution is -2.38. The van der Waals surface area contributed by atoms with Gasteiger partial charge in [0.05, 0.1) is 193 Å². The summed E-state index contributed by atoms with van der Waals surface area (Å²) in [7, 11) is -45.4. The molecule has 0 spiro atoms. The second-order valence-electron chi connectivity index (χ2n) is 20.4. The molecular formula is C39H97N5O50P11+. The first-order valence-corrected chi connectivity index (χ1v) is 45.9. The van der Waals surface area contributed by atoms with Crippen molar-refractivity contribution in [3.63, 3.8) is 0 Å². The van der Waals surface area contributed by atoms with E-state index >= 15 is 0 Å². The van der Waals surface area contributed by atoms with Crippen LogP contribution < -0.4 is 21.3 Å². The van der Waals surface area contributed by atoms with Crippen LogP contribution in [0, 0.1) is 0 Å². The van der Waals surface area contributed by atoms with Crippen LogP contribution in [0.3, 0.4) is 0 Å². The molecule has 0 saturated heterocycles. The second-order valence-corrected chi connectivity index (χ2v) is 36.0. The number of aliphatic hydroxyl groups excluding tert-OH is 1. The molecule has 15 unspecified atom stereocenters. The molecule has 17 N–H and O–H groups in total. The smallest absolute Gasteiger partial charge is 0.394 e. The Labute approximate surface area is 601 Å². The van der Waals surface area contributed by atoms with Crippen molar-refractivity contribution < 1.29 is 237 Å². The molecule has 15 atom stereocenters. The summed E-state index contributed by atoms with van der Waals surface area (Å²) in [6.07, 6.45) is -8.01. The zero-order chi connectivity index (χ0) is 80.2. The van der Waals surface area contributed by atoms with Gasteiger partial charge in [0.25, 0.3) is 0 Å². The van der Waals surface area contributed by atoms with Crippen molar-refractivity contribution in [2.75, 3.05) is 228 Å². The summed E-state index contributed by atoms with van der Waals surface area (Å²) in [6.45, 7) is -19.6. The van der Waals surface area contributed by atoms with Crippen LogP contribution in [0.2, 0.25) is 0 Å². The highest BCUT2D eigenvalue weighted by Crippen LogP contribution is 2.53. The molecular weight excluding hydrogens is 1680 g/mol. The molecule has 0 aromatic carbocycles. The molecule has 0 amide bonds. The topological polar surface area (TPSA) is 739 Å². The van der Waals surface area contributed by atoms with E-state index in [1.165, 1.54) is 21.1 Å². The fraction of sp³-hybridized carbons (Fsp3) is 1.00. The lowest BCUT2D eigenvalue weighted by Gasteiger charge is -2.26. The largest absolute Gasteiger partial charge is 0.472 e. The Morgan fingerprint density at radius 1 is 0.257 bits per heavy atom. The Hall–Kier alpha value is 0.770. The van der Waals surface area contributed by atoms with Gasteiger partial charge in [-0.25, -0.2) is 50.2 Å². The first-order valence-electron chi connectivity index (χ1n) is 29.4. The Morgan fingerprint density at radius 2 is 0.438 bits per heavy atom. The summed E-state index contributed by atoms with van der Waals surface area (Å²) >= 11 is 0. The van der Waals surface area contributed by atoms with Crippen LogP contribution in [0.15, 0.2) is 0 Å². The quantitative estimate of drug-likeness (QED) is 0.0146. The lowest BCUT2D eigenvalue weighted by atomic mass is 10.4.